The van der Waals surface area contributed by atoms with E-state index in [4.69, 9.17) is 4.74 Å². The molecule has 2 aromatic heterocycles. The van der Waals surface area contributed by atoms with Gasteiger partial charge in [0.1, 0.15) is 11.6 Å². The molecule has 0 spiro atoms. The van der Waals surface area contributed by atoms with Crippen molar-refractivity contribution in [1.82, 2.24) is 19.3 Å². The van der Waals surface area contributed by atoms with Crippen molar-refractivity contribution < 1.29 is 9.84 Å². The lowest BCUT2D eigenvalue weighted by atomic mass is 10.1. The molecule has 0 aliphatic rings. The van der Waals surface area contributed by atoms with E-state index in [1.54, 1.807) is 6.20 Å². The molecule has 0 saturated heterocycles. The number of rotatable bonds is 7. The molecule has 0 radical (unpaired) electrons. The molecule has 0 aliphatic carbocycles. The number of aromatic nitrogens is 4. The molecule has 2 heterocycles. The maximum atomic E-state index is 9.64. The van der Waals surface area contributed by atoms with Crippen LogP contribution in [0.4, 0.5) is 0 Å². The van der Waals surface area contributed by atoms with E-state index in [2.05, 4.69) is 17.0 Å². The van der Waals surface area contributed by atoms with Crippen molar-refractivity contribution in [1.29, 1.82) is 0 Å². The third-order valence-electron chi connectivity index (χ3n) is 3.81. The van der Waals surface area contributed by atoms with Crippen LogP contribution in [0.2, 0.25) is 0 Å². The molecule has 0 unspecified atom stereocenters. The Balaban J connectivity index is 1.96. The Morgan fingerprint density at radius 2 is 2.12 bits per heavy atom. The van der Waals surface area contributed by atoms with E-state index in [-0.39, 0.29) is 6.61 Å². The summed E-state index contributed by atoms with van der Waals surface area (Å²) in [5.74, 6) is 1.53. The zero-order valence-corrected chi connectivity index (χ0v) is 14.0. The van der Waals surface area contributed by atoms with Crippen molar-refractivity contribution in [2.45, 2.75) is 33.4 Å². The maximum absolute atomic E-state index is 9.64. The summed E-state index contributed by atoms with van der Waals surface area (Å²) in [4.78, 5) is 4.47. The van der Waals surface area contributed by atoms with Crippen LogP contribution in [0, 0.1) is 0 Å². The smallest absolute Gasteiger partial charge is 0.144 e. The number of nitrogens with zero attached hydrogens (tertiary/aromatic N) is 4. The number of benzene rings is 1. The van der Waals surface area contributed by atoms with Gasteiger partial charge in [-0.05, 0) is 31.5 Å². The first kappa shape index (κ1) is 16.3. The van der Waals surface area contributed by atoms with Crippen molar-refractivity contribution in [3.05, 3.63) is 48.5 Å². The fraction of sp³-hybridized carbons (Fsp3) is 0.333. The lowest BCUT2D eigenvalue weighted by Crippen LogP contribution is -2.01. The first-order chi connectivity index (χ1) is 11.8. The van der Waals surface area contributed by atoms with Gasteiger partial charge in [0.25, 0.3) is 0 Å². The average Bonchev–Trinajstić information content (AvgIpc) is 3.28. The minimum absolute atomic E-state index is 0.0681. The summed E-state index contributed by atoms with van der Waals surface area (Å²) in [5, 5.41) is 14.0. The number of aliphatic hydroxyl groups excluding tert-OH is 1. The first-order valence-corrected chi connectivity index (χ1v) is 8.20. The van der Waals surface area contributed by atoms with Crippen LogP contribution in [0.15, 0.2) is 43.0 Å². The highest BCUT2D eigenvalue weighted by Gasteiger charge is 2.12. The van der Waals surface area contributed by atoms with Crippen molar-refractivity contribution in [3.8, 4) is 22.8 Å². The van der Waals surface area contributed by atoms with E-state index in [1.165, 1.54) is 0 Å². The molecule has 0 saturated carbocycles. The van der Waals surface area contributed by atoms with Crippen LogP contribution in [-0.2, 0) is 13.2 Å². The average molecular weight is 326 g/mol. The Hall–Kier alpha value is -2.60. The summed E-state index contributed by atoms with van der Waals surface area (Å²) in [7, 11) is 0. The zero-order chi connectivity index (χ0) is 16.9. The molecule has 0 amide bonds. The van der Waals surface area contributed by atoms with Crippen LogP contribution in [0.5, 0.6) is 5.75 Å². The summed E-state index contributed by atoms with van der Waals surface area (Å²) < 4.78 is 9.55. The topological polar surface area (TPSA) is 65.1 Å². The zero-order valence-electron chi connectivity index (χ0n) is 14.0. The summed E-state index contributed by atoms with van der Waals surface area (Å²) >= 11 is 0. The molecule has 3 aromatic rings. The second kappa shape index (κ2) is 7.31. The molecule has 6 heteroatoms. The van der Waals surface area contributed by atoms with Gasteiger partial charge in [-0.2, -0.15) is 5.10 Å². The number of hydrogen-bond acceptors (Lipinski definition) is 4. The summed E-state index contributed by atoms with van der Waals surface area (Å²) in [6.45, 7) is 5.50. The molecule has 126 valence electrons. The lowest BCUT2D eigenvalue weighted by Gasteiger charge is -2.12. The SMILES string of the molecule is CCCOc1ccc(-c2nccn2-c2cnn(CC)c2)cc1CO. The Labute approximate surface area is 141 Å². The van der Waals surface area contributed by atoms with E-state index in [9.17, 15) is 5.11 Å². The Kier molecular flexibility index (Phi) is 4.96. The molecule has 0 fully saturated rings. The standard InChI is InChI=1S/C18H22N4O2/c1-3-9-24-17-6-5-14(10-15(17)13-23)18-19-7-8-22(18)16-11-20-21(4-2)12-16/h5-8,10-12,23H,3-4,9,13H2,1-2H3. The first-order valence-electron chi connectivity index (χ1n) is 8.20. The van der Waals surface area contributed by atoms with Gasteiger partial charge in [-0.25, -0.2) is 4.98 Å². The molecule has 6 nitrogen and oxygen atoms in total. The summed E-state index contributed by atoms with van der Waals surface area (Å²) in [5.41, 5.74) is 2.65. The van der Waals surface area contributed by atoms with Crippen LogP contribution in [-0.4, -0.2) is 31.0 Å². The second-order valence-electron chi connectivity index (χ2n) is 5.50. The number of aliphatic hydroxyl groups is 1. The van der Waals surface area contributed by atoms with Crippen molar-refractivity contribution in [2.24, 2.45) is 0 Å². The molecule has 0 atom stereocenters. The molecule has 1 N–H and O–H groups in total. The van der Waals surface area contributed by atoms with E-state index >= 15 is 0 Å². The van der Waals surface area contributed by atoms with Gasteiger partial charge in [0, 0.05) is 36.3 Å². The highest BCUT2D eigenvalue weighted by molar-refractivity contribution is 5.61. The Morgan fingerprint density at radius 3 is 2.83 bits per heavy atom. The fourth-order valence-corrected chi connectivity index (χ4v) is 2.57. The number of ether oxygens (including phenoxy) is 1. The van der Waals surface area contributed by atoms with Gasteiger partial charge in [-0.15, -0.1) is 0 Å². The summed E-state index contributed by atoms with van der Waals surface area (Å²) in [6.07, 6.45) is 8.40. The monoisotopic (exact) mass is 326 g/mol. The van der Waals surface area contributed by atoms with Gasteiger partial charge in [0.15, 0.2) is 0 Å². The third-order valence-corrected chi connectivity index (χ3v) is 3.81. The van der Waals surface area contributed by atoms with Crippen molar-refractivity contribution in [3.63, 3.8) is 0 Å². The summed E-state index contributed by atoms with van der Waals surface area (Å²) in [6, 6.07) is 5.78. The van der Waals surface area contributed by atoms with Crippen LogP contribution in [0.3, 0.4) is 0 Å². The minimum atomic E-state index is -0.0681. The van der Waals surface area contributed by atoms with Gasteiger partial charge in [-0.1, -0.05) is 6.92 Å². The van der Waals surface area contributed by atoms with Gasteiger partial charge < -0.3 is 9.84 Å². The van der Waals surface area contributed by atoms with Gasteiger partial charge in [-0.3, -0.25) is 9.25 Å². The van der Waals surface area contributed by atoms with Gasteiger partial charge in [0.2, 0.25) is 0 Å². The fourth-order valence-electron chi connectivity index (χ4n) is 2.57. The number of aryl methyl sites for hydroxylation is 1. The molecular formula is C18H22N4O2. The van der Waals surface area contributed by atoms with Crippen molar-refractivity contribution >= 4 is 0 Å². The van der Waals surface area contributed by atoms with E-state index in [0.717, 1.165) is 41.4 Å². The van der Waals surface area contributed by atoms with E-state index in [1.807, 2.05) is 53.0 Å². The van der Waals surface area contributed by atoms with Crippen LogP contribution in [0.25, 0.3) is 17.1 Å². The highest BCUT2D eigenvalue weighted by Crippen LogP contribution is 2.27. The molecule has 24 heavy (non-hydrogen) atoms. The molecule has 1 aromatic carbocycles. The highest BCUT2D eigenvalue weighted by atomic mass is 16.5. The maximum Gasteiger partial charge on any atom is 0.144 e. The third kappa shape index (κ3) is 3.19. The van der Waals surface area contributed by atoms with Gasteiger partial charge >= 0.3 is 0 Å². The molecule has 0 bridgehead atoms. The number of imidazole rings is 1. The predicted molar refractivity (Wildman–Crippen MR) is 92.2 cm³/mol. The minimum Gasteiger partial charge on any atom is -0.493 e. The van der Waals surface area contributed by atoms with Gasteiger partial charge in [0.05, 0.1) is 25.1 Å². The van der Waals surface area contributed by atoms with E-state index in [0.29, 0.717) is 6.61 Å². The van der Waals surface area contributed by atoms with E-state index < -0.39 is 0 Å². The largest absolute Gasteiger partial charge is 0.493 e. The normalized spacial score (nSPS) is 11.0. The Morgan fingerprint density at radius 1 is 1.25 bits per heavy atom. The lowest BCUT2D eigenvalue weighted by molar-refractivity contribution is 0.263. The predicted octanol–water partition coefficient (Wildman–Crippen LogP) is 3.04. The van der Waals surface area contributed by atoms with Crippen molar-refractivity contribution in [2.75, 3.05) is 6.61 Å². The molecule has 0 aliphatic heterocycles. The second-order valence-corrected chi connectivity index (χ2v) is 5.50. The molecular weight excluding hydrogens is 304 g/mol. The molecule has 3 rings (SSSR count). The van der Waals surface area contributed by atoms with Crippen LogP contribution >= 0.6 is 0 Å². The quantitative estimate of drug-likeness (QED) is 0.725. The van der Waals surface area contributed by atoms with Crippen LogP contribution in [0.1, 0.15) is 25.8 Å². The Bertz CT molecular complexity index is 807. The van der Waals surface area contributed by atoms with Crippen LogP contribution < -0.4 is 4.74 Å². The number of hydrogen-bond donors (Lipinski definition) is 1.